The molecule has 0 atom stereocenters. The number of hydrogen-bond donors (Lipinski definition) is 1. The number of nitrogens with zero attached hydrogens (tertiary/aromatic N) is 1. The summed E-state index contributed by atoms with van der Waals surface area (Å²) in [5.41, 5.74) is 0.802. The first-order valence-electron chi connectivity index (χ1n) is 5.28. The number of halogens is 2. The largest absolute Gasteiger partial charge is 0.487 e. The van der Waals surface area contributed by atoms with Crippen LogP contribution in [-0.4, -0.2) is 24.6 Å². The van der Waals surface area contributed by atoms with Crippen molar-refractivity contribution in [1.82, 2.24) is 10.3 Å². The molecule has 0 saturated heterocycles. The van der Waals surface area contributed by atoms with Crippen LogP contribution in [-0.2, 0) is 6.54 Å². The molecule has 0 spiro atoms. The van der Waals surface area contributed by atoms with Crippen molar-refractivity contribution < 1.29 is 13.5 Å². The van der Waals surface area contributed by atoms with E-state index in [2.05, 4.69) is 17.2 Å². The Kier molecular flexibility index (Phi) is 5.71. The van der Waals surface area contributed by atoms with Gasteiger partial charge in [-0.15, -0.1) is 0 Å². The van der Waals surface area contributed by atoms with Crippen molar-refractivity contribution in [1.29, 1.82) is 0 Å². The third-order valence-corrected chi connectivity index (χ3v) is 1.97. The molecule has 0 saturated carbocycles. The van der Waals surface area contributed by atoms with E-state index < -0.39 is 13.0 Å². The van der Waals surface area contributed by atoms with E-state index in [0.717, 1.165) is 18.5 Å². The fourth-order valence-electron chi connectivity index (χ4n) is 1.24. The van der Waals surface area contributed by atoms with Gasteiger partial charge in [-0.2, -0.15) is 0 Å². The van der Waals surface area contributed by atoms with E-state index in [4.69, 9.17) is 4.74 Å². The Bertz CT molecular complexity index is 308. The summed E-state index contributed by atoms with van der Waals surface area (Å²) in [4.78, 5) is 3.94. The predicted octanol–water partition coefficient (Wildman–Crippen LogP) is 2.23. The summed E-state index contributed by atoms with van der Waals surface area (Å²) in [5.74, 6) is 0.471. The SMILES string of the molecule is CCCNCc1cnccc1OCC(F)F. The summed E-state index contributed by atoms with van der Waals surface area (Å²) in [6.45, 7) is 2.94. The second kappa shape index (κ2) is 7.11. The minimum Gasteiger partial charge on any atom is -0.487 e. The summed E-state index contributed by atoms with van der Waals surface area (Å²) < 4.78 is 29.0. The van der Waals surface area contributed by atoms with Crippen molar-refractivity contribution in [3.8, 4) is 5.75 Å². The normalized spacial score (nSPS) is 10.8. The van der Waals surface area contributed by atoms with Gasteiger partial charge in [-0.1, -0.05) is 6.92 Å². The van der Waals surface area contributed by atoms with Crippen LogP contribution in [0.3, 0.4) is 0 Å². The van der Waals surface area contributed by atoms with E-state index >= 15 is 0 Å². The molecule has 90 valence electrons. The van der Waals surface area contributed by atoms with Gasteiger partial charge in [0.2, 0.25) is 0 Å². The van der Waals surface area contributed by atoms with Crippen LogP contribution < -0.4 is 10.1 Å². The maximum atomic E-state index is 12.0. The minimum atomic E-state index is -2.45. The quantitative estimate of drug-likeness (QED) is 0.729. The second-order valence-electron chi connectivity index (χ2n) is 3.36. The van der Waals surface area contributed by atoms with Crippen LogP contribution in [0.2, 0.25) is 0 Å². The molecule has 0 aliphatic heterocycles. The number of rotatable bonds is 7. The lowest BCUT2D eigenvalue weighted by Crippen LogP contribution is -2.16. The van der Waals surface area contributed by atoms with Gasteiger partial charge in [0.25, 0.3) is 6.43 Å². The lowest BCUT2D eigenvalue weighted by molar-refractivity contribution is 0.0813. The van der Waals surface area contributed by atoms with E-state index in [1.807, 2.05) is 0 Å². The maximum Gasteiger partial charge on any atom is 0.272 e. The van der Waals surface area contributed by atoms with Crippen LogP contribution in [0.1, 0.15) is 18.9 Å². The smallest absolute Gasteiger partial charge is 0.272 e. The van der Waals surface area contributed by atoms with Crippen molar-refractivity contribution in [2.45, 2.75) is 26.3 Å². The van der Waals surface area contributed by atoms with E-state index in [1.54, 1.807) is 12.3 Å². The van der Waals surface area contributed by atoms with Crippen LogP contribution in [0.5, 0.6) is 5.75 Å². The number of nitrogens with one attached hydrogen (secondary N) is 1. The van der Waals surface area contributed by atoms with Gasteiger partial charge in [-0.25, -0.2) is 8.78 Å². The summed E-state index contributed by atoms with van der Waals surface area (Å²) >= 11 is 0. The number of ether oxygens (including phenoxy) is 1. The Hall–Kier alpha value is -1.23. The molecule has 1 N–H and O–H groups in total. The molecule has 0 unspecified atom stereocenters. The lowest BCUT2D eigenvalue weighted by Gasteiger charge is -2.10. The number of hydrogen-bond acceptors (Lipinski definition) is 3. The molecule has 1 rings (SSSR count). The van der Waals surface area contributed by atoms with Crippen LogP contribution in [0, 0.1) is 0 Å². The molecule has 0 amide bonds. The van der Waals surface area contributed by atoms with Gasteiger partial charge in [-0.05, 0) is 19.0 Å². The van der Waals surface area contributed by atoms with Gasteiger partial charge in [0, 0.05) is 24.5 Å². The monoisotopic (exact) mass is 230 g/mol. The second-order valence-corrected chi connectivity index (χ2v) is 3.36. The molecule has 1 heterocycles. The highest BCUT2D eigenvalue weighted by Crippen LogP contribution is 2.16. The average Bonchev–Trinajstić information content (AvgIpc) is 2.28. The van der Waals surface area contributed by atoms with Gasteiger partial charge in [0.1, 0.15) is 12.4 Å². The first kappa shape index (κ1) is 12.8. The highest BCUT2D eigenvalue weighted by atomic mass is 19.3. The van der Waals surface area contributed by atoms with E-state index in [1.165, 1.54) is 6.20 Å². The molecule has 0 bridgehead atoms. The molecule has 1 aromatic heterocycles. The van der Waals surface area contributed by atoms with Crippen LogP contribution in [0.15, 0.2) is 18.5 Å². The Morgan fingerprint density at radius 3 is 3.00 bits per heavy atom. The Morgan fingerprint density at radius 2 is 2.31 bits per heavy atom. The van der Waals surface area contributed by atoms with Crippen LogP contribution in [0.25, 0.3) is 0 Å². The fraction of sp³-hybridized carbons (Fsp3) is 0.545. The van der Waals surface area contributed by atoms with E-state index in [0.29, 0.717) is 12.3 Å². The molecule has 3 nitrogen and oxygen atoms in total. The van der Waals surface area contributed by atoms with Gasteiger partial charge < -0.3 is 10.1 Å². The topological polar surface area (TPSA) is 34.2 Å². The van der Waals surface area contributed by atoms with Gasteiger partial charge in [-0.3, -0.25) is 4.98 Å². The Morgan fingerprint density at radius 1 is 1.50 bits per heavy atom. The molecule has 1 aromatic rings. The number of alkyl halides is 2. The van der Waals surface area contributed by atoms with Crippen molar-refractivity contribution in [3.63, 3.8) is 0 Å². The maximum absolute atomic E-state index is 12.0. The predicted molar refractivity (Wildman–Crippen MR) is 57.7 cm³/mol. The zero-order chi connectivity index (χ0) is 11.8. The van der Waals surface area contributed by atoms with E-state index in [9.17, 15) is 8.78 Å². The standard InChI is InChI=1S/C11H16F2N2O/c1-2-4-14-6-9-7-15-5-3-10(9)16-8-11(12)13/h3,5,7,11,14H,2,4,6,8H2,1H3. The molecule has 0 aliphatic carbocycles. The summed E-state index contributed by atoms with van der Waals surface area (Å²) in [6, 6.07) is 1.60. The summed E-state index contributed by atoms with van der Waals surface area (Å²) in [6.07, 6.45) is 1.73. The number of aromatic nitrogens is 1. The van der Waals surface area contributed by atoms with Crippen LogP contribution >= 0.6 is 0 Å². The first-order valence-corrected chi connectivity index (χ1v) is 5.28. The summed E-state index contributed by atoms with van der Waals surface area (Å²) in [5, 5.41) is 3.17. The van der Waals surface area contributed by atoms with Crippen molar-refractivity contribution >= 4 is 0 Å². The van der Waals surface area contributed by atoms with Crippen molar-refractivity contribution in [2.75, 3.05) is 13.2 Å². The zero-order valence-electron chi connectivity index (χ0n) is 9.25. The minimum absolute atomic E-state index is 0.471. The molecule has 0 radical (unpaired) electrons. The van der Waals surface area contributed by atoms with Gasteiger partial charge in [0.05, 0.1) is 0 Å². The number of pyridine rings is 1. The Balaban J connectivity index is 2.53. The van der Waals surface area contributed by atoms with Crippen LogP contribution in [0.4, 0.5) is 8.78 Å². The summed E-state index contributed by atoms with van der Waals surface area (Å²) in [7, 11) is 0. The molecule has 0 fully saturated rings. The molecular weight excluding hydrogens is 214 g/mol. The van der Waals surface area contributed by atoms with Crippen molar-refractivity contribution in [3.05, 3.63) is 24.0 Å². The van der Waals surface area contributed by atoms with Crippen molar-refractivity contribution in [2.24, 2.45) is 0 Å². The molecule has 0 aromatic carbocycles. The van der Waals surface area contributed by atoms with Gasteiger partial charge in [0.15, 0.2) is 0 Å². The molecular formula is C11H16F2N2O. The lowest BCUT2D eigenvalue weighted by atomic mass is 10.2. The fourth-order valence-corrected chi connectivity index (χ4v) is 1.24. The zero-order valence-corrected chi connectivity index (χ0v) is 9.25. The highest BCUT2D eigenvalue weighted by molar-refractivity contribution is 5.29. The Labute approximate surface area is 93.8 Å². The molecule has 0 aliphatic rings. The molecule has 16 heavy (non-hydrogen) atoms. The average molecular weight is 230 g/mol. The van der Waals surface area contributed by atoms with E-state index in [-0.39, 0.29) is 0 Å². The third-order valence-electron chi connectivity index (χ3n) is 1.97. The highest BCUT2D eigenvalue weighted by Gasteiger charge is 2.07. The molecule has 5 heteroatoms. The third kappa shape index (κ3) is 4.53. The van der Waals surface area contributed by atoms with Gasteiger partial charge >= 0.3 is 0 Å². The first-order chi connectivity index (χ1) is 7.74.